The maximum absolute atomic E-state index is 13.0. The van der Waals surface area contributed by atoms with E-state index in [1.807, 2.05) is 6.07 Å². The predicted octanol–water partition coefficient (Wildman–Crippen LogP) is 3.04. The van der Waals surface area contributed by atoms with Gasteiger partial charge >= 0.3 is 4.87 Å². The van der Waals surface area contributed by atoms with E-state index in [0.717, 1.165) is 22.5 Å². The Labute approximate surface area is 165 Å². The van der Waals surface area contributed by atoms with E-state index in [0.29, 0.717) is 16.4 Å². The molecule has 0 aliphatic carbocycles. The minimum Gasteiger partial charge on any atom is -0.493 e. The first-order chi connectivity index (χ1) is 13.5. The van der Waals surface area contributed by atoms with Crippen molar-refractivity contribution < 1.29 is 18.7 Å². The molecule has 0 aliphatic heterocycles. The summed E-state index contributed by atoms with van der Waals surface area (Å²) in [6.45, 7) is 0.557. The second-order valence-corrected chi connectivity index (χ2v) is 6.98. The Balaban J connectivity index is 1.66. The monoisotopic (exact) mass is 402 g/mol. The lowest BCUT2D eigenvalue weighted by Gasteiger charge is -2.10. The van der Waals surface area contributed by atoms with E-state index in [1.54, 1.807) is 38.5 Å². The van der Waals surface area contributed by atoms with E-state index in [1.165, 1.54) is 22.9 Å². The highest BCUT2D eigenvalue weighted by molar-refractivity contribution is 7.11. The zero-order valence-electron chi connectivity index (χ0n) is 15.4. The van der Waals surface area contributed by atoms with Gasteiger partial charge in [0.15, 0.2) is 11.5 Å². The standard InChI is InChI=1S/C20H19FN2O4S/c1-26-16-8-5-14(9-17(16)27-2)10-22-19(24)18-12-23(20(25)28-18)11-13-3-6-15(21)7-4-13/h3-9,12H,10-11H2,1-2H3,(H,22,24). The van der Waals surface area contributed by atoms with Gasteiger partial charge in [-0.15, -0.1) is 0 Å². The molecule has 0 bridgehead atoms. The molecular formula is C20H19FN2O4S. The van der Waals surface area contributed by atoms with Gasteiger partial charge in [-0.05, 0) is 35.4 Å². The highest BCUT2D eigenvalue weighted by Crippen LogP contribution is 2.27. The lowest BCUT2D eigenvalue weighted by Crippen LogP contribution is -2.22. The van der Waals surface area contributed by atoms with Crippen LogP contribution in [0.5, 0.6) is 11.5 Å². The molecule has 0 aliphatic rings. The van der Waals surface area contributed by atoms with E-state index >= 15 is 0 Å². The van der Waals surface area contributed by atoms with Crippen molar-refractivity contribution in [1.82, 2.24) is 9.88 Å². The number of benzene rings is 2. The van der Waals surface area contributed by atoms with Gasteiger partial charge in [-0.25, -0.2) is 4.39 Å². The summed E-state index contributed by atoms with van der Waals surface area (Å²) in [7, 11) is 3.10. The third kappa shape index (κ3) is 4.58. The Morgan fingerprint density at radius 2 is 1.75 bits per heavy atom. The summed E-state index contributed by atoms with van der Waals surface area (Å²) < 4.78 is 24.9. The number of aromatic nitrogens is 1. The fourth-order valence-electron chi connectivity index (χ4n) is 2.64. The van der Waals surface area contributed by atoms with Crippen molar-refractivity contribution >= 4 is 17.2 Å². The molecule has 6 nitrogen and oxygen atoms in total. The Bertz CT molecular complexity index is 1030. The molecule has 0 fully saturated rings. The van der Waals surface area contributed by atoms with Crippen LogP contribution in [0.4, 0.5) is 4.39 Å². The third-order valence-corrected chi connectivity index (χ3v) is 5.02. The molecule has 0 atom stereocenters. The number of rotatable bonds is 7. The predicted molar refractivity (Wildman–Crippen MR) is 105 cm³/mol. The van der Waals surface area contributed by atoms with Gasteiger partial charge in [0, 0.05) is 12.7 Å². The van der Waals surface area contributed by atoms with Crippen molar-refractivity contribution in [3.63, 3.8) is 0 Å². The maximum atomic E-state index is 13.0. The largest absolute Gasteiger partial charge is 0.493 e. The molecule has 28 heavy (non-hydrogen) atoms. The van der Waals surface area contributed by atoms with Crippen LogP contribution in [0.1, 0.15) is 20.8 Å². The van der Waals surface area contributed by atoms with Gasteiger partial charge in [0.2, 0.25) is 0 Å². The smallest absolute Gasteiger partial charge is 0.308 e. The number of carbonyl (C=O) groups is 1. The molecule has 1 aromatic heterocycles. The molecule has 1 heterocycles. The number of halogens is 1. The minimum absolute atomic E-state index is 0.249. The number of amides is 1. The number of carbonyl (C=O) groups excluding carboxylic acids is 1. The summed E-state index contributed by atoms with van der Waals surface area (Å²) in [6, 6.07) is 11.3. The number of hydrogen-bond donors (Lipinski definition) is 1. The number of ether oxygens (including phenoxy) is 2. The molecule has 0 unspecified atom stereocenters. The Morgan fingerprint density at radius 3 is 2.43 bits per heavy atom. The van der Waals surface area contributed by atoms with E-state index in [9.17, 15) is 14.0 Å². The fourth-order valence-corrected chi connectivity index (χ4v) is 3.40. The first kappa shape index (κ1) is 19.6. The van der Waals surface area contributed by atoms with Gasteiger partial charge < -0.3 is 19.4 Å². The number of nitrogens with one attached hydrogen (secondary N) is 1. The minimum atomic E-state index is -0.338. The normalized spacial score (nSPS) is 10.5. The molecule has 2 aromatic carbocycles. The van der Waals surface area contributed by atoms with Gasteiger partial charge in [0.1, 0.15) is 10.7 Å². The van der Waals surface area contributed by atoms with Crippen molar-refractivity contribution in [2.24, 2.45) is 0 Å². The Kier molecular flexibility index (Phi) is 6.10. The Hall–Kier alpha value is -3.13. The van der Waals surface area contributed by atoms with E-state index in [2.05, 4.69) is 5.32 Å². The van der Waals surface area contributed by atoms with Crippen LogP contribution in [0.2, 0.25) is 0 Å². The number of methoxy groups -OCH3 is 2. The van der Waals surface area contributed by atoms with Crippen LogP contribution < -0.4 is 19.7 Å². The first-order valence-electron chi connectivity index (χ1n) is 8.44. The highest BCUT2D eigenvalue weighted by atomic mass is 32.1. The van der Waals surface area contributed by atoms with Crippen LogP contribution in [0.3, 0.4) is 0 Å². The topological polar surface area (TPSA) is 69.6 Å². The molecule has 0 saturated heterocycles. The molecule has 146 valence electrons. The summed E-state index contributed by atoms with van der Waals surface area (Å²) in [5.74, 6) is 0.504. The van der Waals surface area contributed by atoms with Crippen molar-refractivity contribution in [2.75, 3.05) is 14.2 Å². The van der Waals surface area contributed by atoms with Crippen LogP contribution in [0, 0.1) is 5.82 Å². The summed E-state index contributed by atoms with van der Waals surface area (Å²) in [5, 5.41) is 2.79. The van der Waals surface area contributed by atoms with Gasteiger partial charge in [-0.3, -0.25) is 9.59 Å². The van der Waals surface area contributed by atoms with Gasteiger partial charge in [-0.2, -0.15) is 0 Å². The summed E-state index contributed by atoms with van der Waals surface area (Å²) >= 11 is 0.870. The lowest BCUT2D eigenvalue weighted by atomic mass is 10.2. The molecule has 1 amide bonds. The van der Waals surface area contributed by atoms with Gasteiger partial charge in [-0.1, -0.05) is 29.5 Å². The summed E-state index contributed by atoms with van der Waals surface area (Å²) in [5.41, 5.74) is 1.61. The lowest BCUT2D eigenvalue weighted by molar-refractivity contribution is 0.0954. The zero-order chi connectivity index (χ0) is 20.1. The molecule has 0 saturated carbocycles. The first-order valence-corrected chi connectivity index (χ1v) is 9.25. The molecule has 0 spiro atoms. The van der Waals surface area contributed by atoms with Crippen LogP contribution >= 0.6 is 11.3 Å². The van der Waals surface area contributed by atoms with Crippen molar-refractivity contribution in [2.45, 2.75) is 13.1 Å². The average molecular weight is 402 g/mol. The SMILES string of the molecule is COc1ccc(CNC(=O)c2cn(Cc3ccc(F)cc3)c(=O)s2)cc1OC. The zero-order valence-corrected chi connectivity index (χ0v) is 16.2. The van der Waals surface area contributed by atoms with Crippen LogP contribution in [0.25, 0.3) is 0 Å². The molecule has 0 radical (unpaired) electrons. The van der Waals surface area contributed by atoms with Crippen LogP contribution in [-0.2, 0) is 13.1 Å². The van der Waals surface area contributed by atoms with Crippen molar-refractivity contribution in [3.8, 4) is 11.5 Å². The second kappa shape index (κ2) is 8.71. The van der Waals surface area contributed by atoms with E-state index in [-0.39, 0.29) is 29.7 Å². The molecular weight excluding hydrogens is 383 g/mol. The number of nitrogens with zero attached hydrogens (tertiary/aromatic N) is 1. The molecule has 8 heteroatoms. The Morgan fingerprint density at radius 1 is 1.07 bits per heavy atom. The third-order valence-electron chi connectivity index (χ3n) is 4.10. The van der Waals surface area contributed by atoms with Crippen LogP contribution in [0.15, 0.2) is 53.5 Å². The molecule has 3 rings (SSSR count). The fraction of sp³-hybridized carbons (Fsp3) is 0.200. The summed E-state index contributed by atoms with van der Waals surface area (Å²) in [6.07, 6.45) is 1.51. The second-order valence-electron chi connectivity index (χ2n) is 5.99. The van der Waals surface area contributed by atoms with Crippen molar-refractivity contribution in [1.29, 1.82) is 0 Å². The van der Waals surface area contributed by atoms with E-state index in [4.69, 9.17) is 9.47 Å². The van der Waals surface area contributed by atoms with Crippen molar-refractivity contribution in [3.05, 3.63) is 80.2 Å². The van der Waals surface area contributed by atoms with E-state index < -0.39 is 0 Å². The quantitative estimate of drug-likeness (QED) is 0.660. The summed E-state index contributed by atoms with van der Waals surface area (Å²) in [4.78, 5) is 24.6. The number of hydrogen-bond acceptors (Lipinski definition) is 5. The molecule has 3 aromatic rings. The highest BCUT2D eigenvalue weighted by Gasteiger charge is 2.13. The number of thiazole rings is 1. The van der Waals surface area contributed by atoms with Crippen LogP contribution in [-0.4, -0.2) is 24.7 Å². The van der Waals surface area contributed by atoms with Gasteiger partial charge in [0.25, 0.3) is 5.91 Å². The maximum Gasteiger partial charge on any atom is 0.308 e. The molecule has 1 N–H and O–H groups in total. The van der Waals surface area contributed by atoms with Gasteiger partial charge in [0.05, 0.1) is 20.8 Å². The average Bonchev–Trinajstić information content (AvgIpc) is 3.08.